The van der Waals surface area contributed by atoms with E-state index in [1.807, 2.05) is 13.0 Å². The van der Waals surface area contributed by atoms with Gasteiger partial charge in [0, 0.05) is 22.5 Å². The largest absolute Gasteiger partial charge is 0.439 e. The van der Waals surface area contributed by atoms with Gasteiger partial charge in [0.1, 0.15) is 11.6 Å². The first-order valence-electron chi connectivity index (χ1n) is 7.25. The Hall–Kier alpha value is -2.11. The van der Waals surface area contributed by atoms with Crippen molar-refractivity contribution in [3.63, 3.8) is 0 Å². The molecule has 24 heavy (non-hydrogen) atoms. The van der Waals surface area contributed by atoms with Gasteiger partial charge in [-0.1, -0.05) is 47.6 Å². The molecule has 0 saturated carbocycles. The van der Waals surface area contributed by atoms with Crippen LogP contribution in [0, 0.1) is 12.7 Å². The van der Waals surface area contributed by atoms with Crippen molar-refractivity contribution in [2.75, 3.05) is 0 Å². The van der Waals surface area contributed by atoms with Gasteiger partial charge in [0.25, 0.3) is 0 Å². The molecule has 1 aromatic heterocycles. The van der Waals surface area contributed by atoms with E-state index >= 15 is 0 Å². The third kappa shape index (κ3) is 4.46. The molecule has 0 spiro atoms. The lowest BCUT2D eigenvalue weighted by Crippen LogP contribution is -1.96. The second-order valence-electron chi connectivity index (χ2n) is 5.07. The quantitative estimate of drug-likeness (QED) is 0.434. The summed E-state index contributed by atoms with van der Waals surface area (Å²) in [6.07, 6.45) is 0. The van der Waals surface area contributed by atoms with Crippen LogP contribution in [0.4, 0.5) is 4.39 Å². The zero-order valence-corrected chi connectivity index (χ0v) is 14.4. The number of nitrogens with zero attached hydrogens (tertiary/aromatic N) is 2. The van der Waals surface area contributed by atoms with Crippen molar-refractivity contribution in [1.82, 2.24) is 9.97 Å². The Morgan fingerprint density at radius 1 is 1.08 bits per heavy atom. The van der Waals surface area contributed by atoms with Gasteiger partial charge < -0.3 is 4.74 Å². The Labute approximate surface area is 148 Å². The van der Waals surface area contributed by atoms with Crippen LogP contribution in [0.2, 0.25) is 5.02 Å². The molecule has 3 rings (SSSR count). The fourth-order valence-corrected chi connectivity index (χ4v) is 3.10. The lowest BCUT2D eigenvalue weighted by atomic mass is 10.2. The monoisotopic (exact) mass is 360 g/mol. The minimum absolute atomic E-state index is 0.229. The summed E-state index contributed by atoms with van der Waals surface area (Å²) in [5.41, 5.74) is 1.39. The fourth-order valence-electron chi connectivity index (χ4n) is 2.04. The van der Waals surface area contributed by atoms with Crippen molar-refractivity contribution in [1.29, 1.82) is 0 Å². The Morgan fingerprint density at radius 2 is 1.92 bits per heavy atom. The number of benzene rings is 2. The van der Waals surface area contributed by atoms with Crippen LogP contribution in [-0.4, -0.2) is 9.97 Å². The van der Waals surface area contributed by atoms with Crippen LogP contribution < -0.4 is 4.74 Å². The summed E-state index contributed by atoms with van der Waals surface area (Å²) in [7, 11) is 0. The van der Waals surface area contributed by atoms with Crippen molar-refractivity contribution in [2.24, 2.45) is 0 Å². The van der Waals surface area contributed by atoms with E-state index in [9.17, 15) is 4.39 Å². The molecule has 3 nitrogen and oxygen atoms in total. The number of halogens is 2. The predicted octanol–water partition coefficient (Wildman–Crippen LogP) is 5.66. The minimum atomic E-state index is -0.229. The molecule has 3 aromatic rings. The highest BCUT2D eigenvalue weighted by atomic mass is 35.5. The van der Waals surface area contributed by atoms with E-state index in [0.717, 1.165) is 5.69 Å². The third-order valence-electron chi connectivity index (χ3n) is 3.14. The van der Waals surface area contributed by atoms with E-state index < -0.39 is 0 Å². The minimum Gasteiger partial charge on any atom is -0.439 e. The molecular formula is C18H14ClFN2OS. The summed E-state index contributed by atoms with van der Waals surface area (Å²) in [5, 5.41) is 1.13. The topological polar surface area (TPSA) is 35.0 Å². The molecule has 0 fully saturated rings. The number of hydrogen-bond acceptors (Lipinski definition) is 4. The molecule has 0 aliphatic carbocycles. The van der Waals surface area contributed by atoms with Crippen molar-refractivity contribution in [2.45, 2.75) is 17.8 Å². The summed E-state index contributed by atoms with van der Waals surface area (Å²) in [4.78, 5) is 8.73. The number of aromatic nitrogens is 2. The first-order chi connectivity index (χ1) is 11.6. The van der Waals surface area contributed by atoms with Crippen molar-refractivity contribution < 1.29 is 9.13 Å². The fraction of sp³-hybridized carbons (Fsp3) is 0.111. The molecule has 0 N–H and O–H groups in total. The van der Waals surface area contributed by atoms with Gasteiger partial charge in [0.15, 0.2) is 5.16 Å². The van der Waals surface area contributed by atoms with E-state index in [4.69, 9.17) is 16.3 Å². The standard InChI is InChI=1S/C18H14ClFN2OS/c1-12-9-17(23-15-7-4-6-14(19)10-15)22-18(21-12)24-11-13-5-2-3-8-16(13)20/h2-10H,11H2,1H3. The molecule has 0 aliphatic rings. The average molecular weight is 361 g/mol. The van der Waals surface area contributed by atoms with Crippen LogP contribution in [0.5, 0.6) is 11.6 Å². The van der Waals surface area contributed by atoms with Gasteiger partial charge in [-0.2, -0.15) is 4.98 Å². The summed E-state index contributed by atoms with van der Waals surface area (Å²) < 4.78 is 19.4. The molecule has 122 valence electrons. The molecular weight excluding hydrogens is 347 g/mol. The highest BCUT2D eigenvalue weighted by Crippen LogP contribution is 2.26. The first kappa shape index (κ1) is 16.7. The smallest absolute Gasteiger partial charge is 0.223 e. The van der Waals surface area contributed by atoms with Crippen LogP contribution in [0.3, 0.4) is 0 Å². The number of rotatable bonds is 5. The number of hydrogen-bond donors (Lipinski definition) is 0. The zero-order chi connectivity index (χ0) is 16.9. The van der Waals surface area contributed by atoms with Crippen LogP contribution in [0.1, 0.15) is 11.3 Å². The summed E-state index contributed by atoms with van der Waals surface area (Å²) in [6.45, 7) is 1.86. The lowest BCUT2D eigenvalue weighted by molar-refractivity contribution is 0.454. The number of aryl methyl sites for hydroxylation is 1. The maximum absolute atomic E-state index is 13.7. The Kier molecular flexibility index (Phi) is 5.33. The van der Waals surface area contributed by atoms with Gasteiger partial charge in [0.05, 0.1) is 0 Å². The van der Waals surface area contributed by atoms with Gasteiger partial charge in [-0.3, -0.25) is 0 Å². The van der Waals surface area contributed by atoms with Gasteiger partial charge in [-0.15, -0.1) is 0 Å². The lowest BCUT2D eigenvalue weighted by Gasteiger charge is -2.08. The highest BCUT2D eigenvalue weighted by molar-refractivity contribution is 7.98. The maximum Gasteiger partial charge on any atom is 0.223 e. The molecule has 6 heteroatoms. The van der Waals surface area contributed by atoms with Gasteiger partial charge in [-0.25, -0.2) is 9.37 Å². The molecule has 0 atom stereocenters. The van der Waals surface area contributed by atoms with Gasteiger partial charge in [0.2, 0.25) is 5.88 Å². The Morgan fingerprint density at radius 3 is 2.71 bits per heavy atom. The molecule has 1 heterocycles. The summed E-state index contributed by atoms with van der Waals surface area (Å²) in [6, 6.07) is 15.5. The highest BCUT2D eigenvalue weighted by Gasteiger charge is 2.08. The van der Waals surface area contributed by atoms with Crippen molar-refractivity contribution >= 4 is 23.4 Å². The molecule has 0 unspecified atom stereocenters. The first-order valence-corrected chi connectivity index (χ1v) is 8.62. The Bertz CT molecular complexity index is 860. The van der Waals surface area contributed by atoms with Crippen LogP contribution >= 0.6 is 23.4 Å². The second-order valence-corrected chi connectivity index (χ2v) is 6.45. The van der Waals surface area contributed by atoms with E-state index in [1.165, 1.54) is 17.8 Å². The van der Waals surface area contributed by atoms with Gasteiger partial charge >= 0.3 is 0 Å². The van der Waals surface area contributed by atoms with E-state index in [-0.39, 0.29) is 5.82 Å². The predicted molar refractivity (Wildman–Crippen MR) is 94.3 cm³/mol. The maximum atomic E-state index is 13.7. The average Bonchev–Trinajstić information content (AvgIpc) is 2.53. The molecule has 2 aromatic carbocycles. The molecule has 0 amide bonds. The molecule has 0 aliphatic heterocycles. The van der Waals surface area contributed by atoms with E-state index in [0.29, 0.717) is 33.1 Å². The number of ether oxygens (including phenoxy) is 1. The van der Waals surface area contributed by atoms with Crippen LogP contribution in [-0.2, 0) is 5.75 Å². The third-order valence-corrected chi connectivity index (χ3v) is 4.27. The molecule has 0 saturated heterocycles. The normalized spacial score (nSPS) is 10.6. The van der Waals surface area contributed by atoms with Crippen LogP contribution in [0.25, 0.3) is 0 Å². The Balaban J connectivity index is 1.75. The summed E-state index contributed by atoms with van der Waals surface area (Å²) in [5.74, 6) is 1.26. The summed E-state index contributed by atoms with van der Waals surface area (Å²) >= 11 is 7.32. The zero-order valence-electron chi connectivity index (χ0n) is 12.9. The number of thioether (sulfide) groups is 1. The van der Waals surface area contributed by atoms with Crippen molar-refractivity contribution in [3.8, 4) is 11.6 Å². The SMILES string of the molecule is Cc1cc(Oc2cccc(Cl)c2)nc(SCc2ccccc2F)n1. The van der Waals surface area contributed by atoms with E-state index in [1.54, 1.807) is 42.5 Å². The van der Waals surface area contributed by atoms with Crippen molar-refractivity contribution in [3.05, 3.63) is 76.7 Å². The molecule has 0 bridgehead atoms. The van der Waals surface area contributed by atoms with Crippen LogP contribution in [0.15, 0.2) is 59.8 Å². The van der Waals surface area contributed by atoms with E-state index in [2.05, 4.69) is 9.97 Å². The molecule has 0 radical (unpaired) electrons. The second kappa shape index (κ2) is 7.64. The van der Waals surface area contributed by atoms with Gasteiger partial charge in [-0.05, 0) is 36.8 Å².